The average Bonchev–Trinajstić information content (AvgIpc) is 2.78. The Morgan fingerprint density at radius 3 is 2.57 bits per heavy atom. The first-order valence-corrected chi connectivity index (χ1v) is 8.74. The smallest absolute Gasteiger partial charge is 0.273 e. The monoisotopic (exact) mass is 340 g/mol. The molecule has 0 bridgehead atoms. The van der Waals surface area contributed by atoms with Crippen LogP contribution in [-0.4, -0.2) is 46.0 Å². The van der Waals surface area contributed by atoms with Gasteiger partial charge in [0.1, 0.15) is 0 Å². The van der Waals surface area contributed by atoms with E-state index < -0.39 is 0 Å². The Balaban J connectivity index is 1.74. The summed E-state index contributed by atoms with van der Waals surface area (Å²) in [6, 6.07) is 0.0892. The maximum absolute atomic E-state index is 12.7. The van der Waals surface area contributed by atoms with Gasteiger partial charge in [-0.25, -0.2) is 0 Å². The van der Waals surface area contributed by atoms with Gasteiger partial charge in [0.05, 0.1) is 16.8 Å². The molecule has 0 aromatic carbocycles. The first-order chi connectivity index (χ1) is 11.0. The van der Waals surface area contributed by atoms with Gasteiger partial charge in [0.2, 0.25) is 0 Å². The number of nitrogens with one attached hydrogen (secondary N) is 2. The minimum atomic E-state index is -0.221. The largest absolute Gasteiger partial charge is 0.393 e. The fourth-order valence-electron chi connectivity index (χ4n) is 3.69. The number of halogens is 1. The molecular weight excluding hydrogens is 316 g/mol. The quantitative estimate of drug-likeness (QED) is 0.770. The van der Waals surface area contributed by atoms with Gasteiger partial charge in [0.15, 0.2) is 5.69 Å². The van der Waals surface area contributed by atoms with Crippen molar-refractivity contribution >= 4 is 17.5 Å². The van der Waals surface area contributed by atoms with E-state index in [2.05, 4.69) is 15.7 Å². The van der Waals surface area contributed by atoms with Crippen LogP contribution in [0.3, 0.4) is 0 Å². The Bertz CT molecular complexity index is 577. The number of nitrogens with zero attached hydrogens (tertiary/aromatic N) is 2. The molecule has 0 radical (unpaired) electrons. The van der Waals surface area contributed by atoms with Gasteiger partial charge in [-0.2, -0.15) is 5.10 Å². The Hall–Kier alpha value is -1.11. The maximum atomic E-state index is 12.7. The van der Waals surface area contributed by atoms with Crippen molar-refractivity contribution in [2.24, 2.45) is 18.9 Å². The number of amides is 1. The van der Waals surface area contributed by atoms with E-state index in [-0.39, 0.29) is 18.1 Å². The molecule has 23 heavy (non-hydrogen) atoms. The number of carbonyl (C=O) groups excluding carboxylic acids is 1. The summed E-state index contributed by atoms with van der Waals surface area (Å²) in [7, 11) is 1.78. The second-order valence-electron chi connectivity index (χ2n) is 6.84. The number of aliphatic hydroxyl groups excluding tert-OH is 1. The molecule has 7 heteroatoms. The molecule has 128 valence electrons. The van der Waals surface area contributed by atoms with Crippen molar-refractivity contribution < 1.29 is 9.90 Å². The van der Waals surface area contributed by atoms with Crippen molar-refractivity contribution in [2.45, 2.75) is 44.8 Å². The lowest BCUT2D eigenvalue weighted by Crippen LogP contribution is -2.53. The van der Waals surface area contributed by atoms with E-state index >= 15 is 0 Å². The summed E-state index contributed by atoms with van der Waals surface area (Å²) in [4.78, 5) is 12.7. The van der Waals surface area contributed by atoms with Crippen LogP contribution in [0.2, 0.25) is 5.02 Å². The van der Waals surface area contributed by atoms with Crippen LogP contribution in [0.1, 0.15) is 41.9 Å². The van der Waals surface area contributed by atoms with Gasteiger partial charge < -0.3 is 15.7 Å². The van der Waals surface area contributed by atoms with Crippen LogP contribution in [0.5, 0.6) is 0 Å². The number of aromatic nitrogens is 2. The molecule has 1 aromatic rings. The van der Waals surface area contributed by atoms with Crippen LogP contribution in [0.4, 0.5) is 0 Å². The minimum Gasteiger partial charge on any atom is -0.393 e. The highest BCUT2D eigenvalue weighted by molar-refractivity contribution is 6.34. The predicted octanol–water partition coefficient (Wildman–Crippen LogP) is 1.25. The summed E-state index contributed by atoms with van der Waals surface area (Å²) < 4.78 is 1.63. The molecule has 6 nitrogen and oxygen atoms in total. The molecule has 1 atom stereocenters. The zero-order valence-electron chi connectivity index (χ0n) is 13.7. The molecule has 1 aromatic heterocycles. The number of hydrogen-bond donors (Lipinski definition) is 3. The molecule has 1 saturated carbocycles. The molecule has 0 spiro atoms. The molecule has 1 aliphatic heterocycles. The van der Waals surface area contributed by atoms with Crippen molar-refractivity contribution in [1.82, 2.24) is 20.4 Å². The number of aryl methyl sites for hydroxylation is 1. The van der Waals surface area contributed by atoms with E-state index in [1.807, 2.05) is 6.92 Å². The lowest BCUT2D eigenvalue weighted by molar-refractivity contribution is 0.00912. The molecule has 3 rings (SSSR count). The van der Waals surface area contributed by atoms with Crippen molar-refractivity contribution in [2.75, 3.05) is 13.1 Å². The zero-order valence-corrected chi connectivity index (χ0v) is 14.4. The Kier molecular flexibility index (Phi) is 4.94. The maximum Gasteiger partial charge on any atom is 0.273 e. The van der Waals surface area contributed by atoms with Gasteiger partial charge >= 0.3 is 0 Å². The topological polar surface area (TPSA) is 79.2 Å². The lowest BCUT2D eigenvalue weighted by Gasteiger charge is -2.43. The van der Waals surface area contributed by atoms with Crippen LogP contribution in [0.15, 0.2) is 0 Å². The SMILES string of the molecule is Cc1c(Cl)c(C(=O)N[C@H](C2CCNCC2)C2CC(O)C2)nn1C. The molecule has 2 aliphatic rings. The fraction of sp³-hybridized carbons (Fsp3) is 0.750. The highest BCUT2D eigenvalue weighted by atomic mass is 35.5. The van der Waals surface area contributed by atoms with Crippen LogP contribution in [0.25, 0.3) is 0 Å². The third-order valence-corrected chi connectivity index (χ3v) is 5.78. The highest BCUT2D eigenvalue weighted by Crippen LogP contribution is 2.36. The second kappa shape index (κ2) is 6.79. The molecule has 1 aliphatic carbocycles. The van der Waals surface area contributed by atoms with Crippen LogP contribution < -0.4 is 10.6 Å². The van der Waals surface area contributed by atoms with Gasteiger partial charge in [-0.1, -0.05) is 11.6 Å². The van der Waals surface area contributed by atoms with Gasteiger partial charge in [0.25, 0.3) is 5.91 Å². The Morgan fingerprint density at radius 1 is 1.39 bits per heavy atom. The molecule has 1 amide bonds. The number of carbonyl (C=O) groups is 1. The first-order valence-electron chi connectivity index (χ1n) is 8.36. The Labute approximate surface area is 141 Å². The van der Waals surface area contributed by atoms with Crippen LogP contribution >= 0.6 is 11.6 Å². The summed E-state index contributed by atoms with van der Waals surface area (Å²) in [6.07, 6.45) is 3.41. The van der Waals surface area contributed by atoms with Crippen molar-refractivity contribution in [3.63, 3.8) is 0 Å². The van der Waals surface area contributed by atoms with E-state index in [9.17, 15) is 9.90 Å². The third kappa shape index (κ3) is 3.39. The molecule has 0 unspecified atom stereocenters. The van der Waals surface area contributed by atoms with E-state index in [0.717, 1.165) is 44.5 Å². The summed E-state index contributed by atoms with van der Waals surface area (Å²) in [5.41, 5.74) is 1.08. The standard InChI is InChI=1S/C16H25ClN4O2/c1-9-13(17)15(20-21(9)2)16(23)19-14(11-7-12(22)8-11)10-3-5-18-6-4-10/h10-12,14,18,22H,3-8H2,1-2H3,(H,19,23)/t11?,12?,14-/m1/s1. The number of aliphatic hydroxyl groups is 1. The van der Waals surface area contributed by atoms with Gasteiger partial charge in [-0.05, 0) is 57.5 Å². The van der Waals surface area contributed by atoms with E-state index in [1.165, 1.54) is 0 Å². The number of piperidine rings is 1. The lowest BCUT2D eigenvalue weighted by atomic mass is 9.71. The van der Waals surface area contributed by atoms with Crippen molar-refractivity contribution in [3.05, 3.63) is 16.4 Å². The van der Waals surface area contributed by atoms with Crippen molar-refractivity contribution in [3.8, 4) is 0 Å². The minimum absolute atomic E-state index is 0.0892. The normalized spacial score (nSPS) is 26.6. The third-order valence-electron chi connectivity index (χ3n) is 5.32. The van der Waals surface area contributed by atoms with Gasteiger partial charge in [-0.15, -0.1) is 0 Å². The number of hydrogen-bond acceptors (Lipinski definition) is 4. The van der Waals surface area contributed by atoms with Crippen LogP contribution in [-0.2, 0) is 7.05 Å². The van der Waals surface area contributed by atoms with Crippen LogP contribution in [0, 0.1) is 18.8 Å². The predicted molar refractivity (Wildman–Crippen MR) is 88.5 cm³/mol. The summed E-state index contributed by atoms with van der Waals surface area (Å²) in [5, 5.41) is 20.8. The van der Waals surface area contributed by atoms with Gasteiger partial charge in [-0.3, -0.25) is 9.48 Å². The Morgan fingerprint density at radius 2 is 2.04 bits per heavy atom. The van der Waals surface area contributed by atoms with E-state index in [4.69, 9.17) is 11.6 Å². The summed E-state index contributed by atoms with van der Waals surface area (Å²) in [6.45, 7) is 3.81. The summed E-state index contributed by atoms with van der Waals surface area (Å²) >= 11 is 6.23. The summed E-state index contributed by atoms with van der Waals surface area (Å²) in [5.74, 6) is 0.588. The molecule has 3 N–H and O–H groups in total. The zero-order chi connectivity index (χ0) is 16.6. The molecule has 1 saturated heterocycles. The van der Waals surface area contributed by atoms with Gasteiger partial charge in [0, 0.05) is 13.1 Å². The van der Waals surface area contributed by atoms with Crippen molar-refractivity contribution in [1.29, 1.82) is 0 Å². The fourth-order valence-corrected chi connectivity index (χ4v) is 3.94. The molecular formula is C16H25ClN4O2. The highest BCUT2D eigenvalue weighted by Gasteiger charge is 2.39. The second-order valence-corrected chi connectivity index (χ2v) is 7.22. The first kappa shape index (κ1) is 16.7. The van der Waals surface area contributed by atoms with E-state index in [1.54, 1.807) is 11.7 Å². The average molecular weight is 341 g/mol. The van der Waals surface area contributed by atoms with E-state index in [0.29, 0.717) is 22.6 Å². The molecule has 2 heterocycles. The molecule has 2 fully saturated rings. The number of rotatable bonds is 4.